The summed E-state index contributed by atoms with van der Waals surface area (Å²) in [6.07, 6.45) is -0.659. The van der Waals surface area contributed by atoms with E-state index in [0.29, 0.717) is 11.3 Å². The van der Waals surface area contributed by atoms with Gasteiger partial charge in [0.25, 0.3) is 0 Å². The number of anilines is 1. The van der Waals surface area contributed by atoms with Gasteiger partial charge >= 0.3 is 6.36 Å². The van der Waals surface area contributed by atoms with E-state index in [4.69, 9.17) is 4.42 Å². The minimum atomic E-state index is -4.79. The number of alkyl halides is 3. The second-order valence-electron chi connectivity index (χ2n) is 6.16. The molecule has 0 aliphatic rings. The highest BCUT2D eigenvalue weighted by atomic mass is 19.4. The van der Waals surface area contributed by atoms with E-state index < -0.39 is 12.3 Å². The zero-order chi connectivity index (χ0) is 21.7. The number of nitrogens with zero attached hydrogens (tertiary/aromatic N) is 2. The van der Waals surface area contributed by atoms with Gasteiger partial charge in [-0.25, -0.2) is 0 Å². The van der Waals surface area contributed by atoms with Crippen LogP contribution in [-0.4, -0.2) is 27.8 Å². The summed E-state index contributed by atoms with van der Waals surface area (Å²) in [6, 6.07) is 10.0. The molecular formula is C20H16F3N3O4. The quantitative estimate of drug-likeness (QED) is 0.456. The van der Waals surface area contributed by atoms with Gasteiger partial charge in [0, 0.05) is 25.3 Å². The Balaban J connectivity index is 1.57. The number of carbonyl (C=O) groups is 2. The van der Waals surface area contributed by atoms with Crippen molar-refractivity contribution in [3.05, 3.63) is 71.8 Å². The fourth-order valence-corrected chi connectivity index (χ4v) is 2.48. The molecule has 0 spiro atoms. The molecule has 0 unspecified atom stereocenters. The smallest absolute Gasteiger partial charge is 0.456 e. The van der Waals surface area contributed by atoms with Crippen LogP contribution in [0.5, 0.6) is 5.75 Å². The Kier molecular flexibility index (Phi) is 6.05. The van der Waals surface area contributed by atoms with Gasteiger partial charge in [0.1, 0.15) is 11.5 Å². The van der Waals surface area contributed by atoms with E-state index in [2.05, 4.69) is 15.2 Å². The van der Waals surface area contributed by atoms with Gasteiger partial charge in [0.15, 0.2) is 17.4 Å². The number of benzene rings is 1. The van der Waals surface area contributed by atoms with Crippen LogP contribution in [0.15, 0.2) is 59.2 Å². The largest absolute Gasteiger partial charge is 0.573 e. The molecule has 10 heteroatoms. The number of aromatic nitrogens is 2. The first-order valence-electron chi connectivity index (χ1n) is 8.66. The third kappa shape index (κ3) is 6.09. The maximum absolute atomic E-state index is 12.3. The number of carbonyl (C=O) groups excluding carboxylic acids is 2. The van der Waals surface area contributed by atoms with Crippen molar-refractivity contribution in [2.24, 2.45) is 0 Å². The van der Waals surface area contributed by atoms with Gasteiger partial charge in [-0.2, -0.15) is 5.10 Å². The van der Waals surface area contributed by atoms with Gasteiger partial charge in [-0.3, -0.25) is 14.3 Å². The third-order valence-corrected chi connectivity index (χ3v) is 3.74. The highest BCUT2D eigenvalue weighted by molar-refractivity contribution is 6.01. The standard InChI is InChI=1S/C20H16F3N3O4/c1-13(27)17-7-6-16(29-17)12-26-10-9-18(25-26)24-19(28)8-5-14-3-2-4-15(11-14)30-20(21,22)23/h2-11H,12H2,1H3,(H,24,25,28). The highest BCUT2D eigenvalue weighted by Crippen LogP contribution is 2.23. The summed E-state index contributed by atoms with van der Waals surface area (Å²) < 4.78 is 47.5. The molecule has 3 aromatic rings. The molecule has 0 atom stereocenters. The van der Waals surface area contributed by atoms with E-state index in [9.17, 15) is 22.8 Å². The van der Waals surface area contributed by atoms with Gasteiger partial charge in [-0.15, -0.1) is 13.2 Å². The van der Waals surface area contributed by atoms with Gasteiger partial charge in [0.2, 0.25) is 5.91 Å². The number of amides is 1. The molecule has 2 aromatic heterocycles. The molecule has 0 radical (unpaired) electrons. The summed E-state index contributed by atoms with van der Waals surface area (Å²) in [5.74, 6) is -0.0226. The summed E-state index contributed by atoms with van der Waals surface area (Å²) in [5, 5.41) is 6.71. The van der Waals surface area contributed by atoms with Crippen molar-refractivity contribution in [2.75, 3.05) is 5.32 Å². The normalized spacial score (nSPS) is 11.6. The number of rotatable bonds is 7. The molecule has 3 rings (SSSR count). The van der Waals surface area contributed by atoms with Crippen LogP contribution in [0.1, 0.15) is 28.8 Å². The number of furan rings is 1. The lowest BCUT2D eigenvalue weighted by atomic mass is 10.2. The van der Waals surface area contributed by atoms with Crippen molar-refractivity contribution in [3.63, 3.8) is 0 Å². The van der Waals surface area contributed by atoms with Gasteiger partial charge in [0.05, 0.1) is 6.54 Å². The molecular weight excluding hydrogens is 403 g/mol. The number of ketones is 1. The molecule has 0 aliphatic carbocycles. The molecule has 1 aromatic carbocycles. The van der Waals surface area contributed by atoms with Gasteiger partial charge < -0.3 is 14.5 Å². The first kappa shape index (κ1) is 20.9. The van der Waals surface area contributed by atoms with Crippen molar-refractivity contribution in [1.82, 2.24) is 9.78 Å². The highest BCUT2D eigenvalue weighted by Gasteiger charge is 2.31. The summed E-state index contributed by atoms with van der Waals surface area (Å²) in [7, 11) is 0. The second-order valence-corrected chi connectivity index (χ2v) is 6.16. The van der Waals surface area contributed by atoms with Crippen LogP contribution < -0.4 is 10.1 Å². The summed E-state index contributed by atoms with van der Waals surface area (Å²) >= 11 is 0. The predicted octanol–water partition coefficient (Wildman–Crippen LogP) is 4.28. The van der Waals surface area contributed by atoms with E-state index in [0.717, 1.165) is 18.2 Å². The number of Topliss-reactive ketones (excluding diaryl/α,β-unsaturated/α-hetero) is 1. The average molecular weight is 419 g/mol. The molecule has 1 N–H and O–H groups in total. The molecule has 0 saturated carbocycles. The number of ether oxygens (including phenoxy) is 1. The topological polar surface area (TPSA) is 86.4 Å². The lowest BCUT2D eigenvalue weighted by Crippen LogP contribution is -2.17. The van der Waals surface area contributed by atoms with E-state index in [1.165, 1.54) is 29.8 Å². The van der Waals surface area contributed by atoms with E-state index in [1.54, 1.807) is 24.4 Å². The van der Waals surface area contributed by atoms with E-state index in [1.807, 2.05) is 0 Å². The number of hydrogen-bond acceptors (Lipinski definition) is 5. The van der Waals surface area contributed by atoms with Crippen molar-refractivity contribution in [2.45, 2.75) is 19.8 Å². The zero-order valence-electron chi connectivity index (χ0n) is 15.6. The molecule has 0 bridgehead atoms. The maximum atomic E-state index is 12.3. The third-order valence-electron chi connectivity index (χ3n) is 3.74. The SMILES string of the molecule is CC(=O)c1ccc(Cn2ccc(NC(=O)C=Cc3cccc(OC(F)(F)F)c3)n2)o1. The van der Waals surface area contributed by atoms with Crippen LogP contribution in [0.25, 0.3) is 6.08 Å². The van der Waals surface area contributed by atoms with Crippen LogP contribution in [-0.2, 0) is 11.3 Å². The zero-order valence-corrected chi connectivity index (χ0v) is 15.6. The number of halogens is 3. The van der Waals surface area contributed by atoms with Crippen molar-refractivity contribution < 1.29 is 31.9 Å². The lowest BCUT2D eigenvalue weighted by molar-refractivity contribution is -0.274. The first-order valence-corrected chi connectivity index (χ1v) is 8.66. The summed E-state index contributed by atoms with van der Waals surface area (Å²) in [4.78, 5) is 23.3. The molecule has 0 saturated heterocycles. The Morgan fingerprint density at radius 3 is 2.73 bits per heavy atom. The van der Waals surface area contributed by atoms with Crippen LogP contribution in [0.3, 0.4) is 0 Å². The molecule has 0 fully saturated rings. The monoisotopic (exact) mass is 419 g/mol. The Hall–Kier alpha value is -3.82. The Labute approximate surface area is 168 Å². The van der Waals surface area contributed by atoms with Crippen LogP contribution in [0.4, 0.5) is 19.0 Å². The number of hydrogen-bond donors (Lipinski definition) is 1. The molecule has 2 heterocycles. The number of nitrogens with one attached hydrogen (secondary N) is 1. The maximum Gasteiger partial charge on any atom is 0.573 e. The van der Waals surface area contributed by atoms with Crippen LogP contribution in [0, 0.1) is 0 Å². The fraction of sp³-hybridized carbons (Fsp3) is 0.150. The summed E-state index contributed by atoms with van der Waals surface area (Å²) in [5.41, 5.74) is 0.358. The molecule has 1 amide bonds. The molecule has 0 aliphatic heterocycles. The Bertz CT molecular complexity index is 1080. The average Bonchev–Trinajstić information content (AvgIpc) is 3.29. The van der Waals surface area contributed by atoms with Crippen molar-refractivity contribution >= 4 is 23.6 Å². The van der Waals surface area contributed by atoms with Crippen molar-refractivity contribution in [1.29, 1.82) is 0 Å². The fourth-order valence-electron chi connectivity index (χ4n) is 2.48. The van der Waals surface area contributed by atoms with E-state index in [-0.39, 0.29) is 29.7 Å². The van der Waals surface area contributed by atoms with Crippen molar-refractivity contribution in [3.8, 4) is 5.75 Å². The Morgan fingerprint density at radius 2 is 2.03 bits per heavy atom. The predicted molar refractivity (Wildman–Crippen MR) is 101 cm³/mol. The van der Waals surface area contributed by atoms with Crippen LogP contribution >= 0.6 is 0 Å². The summed E-state index contributed by atoms with van der Waals surface area (Å²) in [6.45, 7) is 1.67. The van der Waals surface area contributed by atoms with Gasteiger partial charge in [-0.05, 0) is 35.9 Å². The second kappa shape index (κ2) is 8.68. The molecule has 7 nitrogen and oxygen atoms in total. The minimum Gasteiger partial charge on any atom is -0.456 e. The first-order chi connectivity index (χ1) is 14.2. The minimum absolute atomic E-state index is 0.183. The van der Waals surface area contributed by atoms with Gasteiger partial charge in [-0.1, -0.05) is 12.1 Å². The molecule has 30 heavy (non-hydrogen) atoms. The molecule has 156 valence electrons. The Morgan fingerprint density at radius 1 is 1.23 bits per heavy atom. The van der Waals surface area contributed by atoms with Crippen LogP contribution in [0.2, 0.25) is 0 Å². The lowest BCUT2D eigenvalue weighted by Gasteiger charge is -2.08. The van der Waals surface area contributed by atoms with E-state index >= 15 is 0 Å².